The summed E-state index contributed by atoms with van der Waals surface area (Å²) >= 11 is 6.02. The molecule has 12 nitrogen and oxygen atoms in total. The largest absolute Gasteiger partial charge is 0.387 e. The first-order valence-corrected chi connectivity index (χ1v) is 8.95. The number of fused-ring (bicyclic) bond motifs is 1. The summed E-state index contributed by atoms with van der Waals surface area (Å²) in [6.07, 6.45) is -2.05. The fourth-order valence-electron chi connectivity index (χ4n) is 3.11. The van der Waals surface area contributed by atoms with Crippen molar-refractivity contribution in [3.05, 3.63) is 29.8 Å². The number of pyridine rings is 1. The summed E-state index contributed by atoms with van der Waals surface area (Å²) in [4.78, 5) is 34.2. The van der Waals surface area contributed by atoms with E-state index in [4.69, 9.17) is 25.3 Å². The summed E-state index contributed by atoms with van der Waals surface area (Å²) in [7, 11) is 1.37. The number of halogens is 1. The number of likely N-dealkylation sites (N-methyl/N-ethyl adjacent to an activating group) is 1. The van der Waals surface area contributed by atoms with Gasteiger partial charge in [0, 0.05) is 29.0 Å². The first kappa shape index (κ1) is 16.8. The van der Waals surface area contributed by atoms with Gasteiger partial charge in [0.1, 0.15) is 12.2 Å². The summed E-state index contributed by atoms with van der Waals surface area (Å²) < 4.78 is 28.3. The molecular weight excluding hydrogens is 418 g/mol. The second kappa shape index (κ2) is 8.08. The van der Waals surface area contributed by atoms with Crippen molar-refractivity contribution in [1.82, 2.24) is 29.8 Å². The van der Waals surface area contributed by atoms with Crippen molar-refractivity contribution in [2.75, 3.05) is 19.6 Å². The number of aliphatic hydroxyl groups is 2. The van der Waals surface area contributed by atoms with E-state index in [9.17, 15) is 15.0 Å². The Morgan fingerprint density at radius 1 is 1.37 bits per heavy atom. The second-order valence-electron chi connectivity index (χ2n) is 6.34. The number of anilines is 1. The maximum atomic E-state index is 12.2. The molecule has 1 aliphatic heterocycles. The smallest absolute Gasteiger partial charge is 0.251 e. The number of hydrogen-bond acceptors (Lipinski definition) is 10. The van der Waals surface area contributed by atoms with Gasteiger partial charge in [-0.2, -0.15) is 0 Å². The van der Waals surface area contributed by atoms with Gasteiger partial charge in [-0.15, -0.1) is 0 Å². The lowest BCUT2D eigenvalue weighted by molar-refractivity contribution is -0.137. The highest BCUT2D eigenvalue weighted by Crippen LogP contribution is 2.33. The third-order valence-electron chi connectivity index (χ3n) is 4.48. The Morgan fingerprint density at radius 2 is 2.20 bits per heavy atom. The Balaban J connectivity index is 1.76. The molecule has 4 rings (SSSR count). The van der Waals surface area contributed by atoms with E-state index in [1.54, 1.807) is 11.4 Å². The Kier molecular flexibility index (Phi) is 4.54. The maximum Gasteiger partial charge on any atom is 0.251 e. The van der Waals surface area contributed by atoms with Gasteiger partial charge < -0.3 is 20.3 Å². The van der Waals surface area contributed by atoms with Gasteiger partial charge in [0.15, 0.2) is 35.1 Å². The summed E-state index contributed by atoms with van der Waals surface area (Å²) in [5.74, 6) is -0.736. The van der Waals surface area contributed by atoms with Crippen LogP contribution in [0, 0.1) is 0 Å². The Hall–Kier alpha value is -2.90. The van der Waals surface area contributed by atoms with Gasteiger partial charge in [0.25, 0.3) is 5.91 Å². The maximum absolute atomic E-state index is 12.2. The van der Waals surface area contributed by atoms with E-state index in [-0.39, 0.29) is 22.8 Å². The molecule has 3 aromatic rings. The third kappa shape index (κ3) is 3.44. The topological polar surface area (TPSA) is 157 Å². The van der Waals surface area contributed by atoms with Crippen molar-refractivity contribution in [3.63, 3.8) is 0 Å². The predicted octanol–water partition coefficient (Wildman–Crippen LogP) is -0.120. The van der Waals surface area contributed by atoms with Gasteiger partial charge in [-0.05, 0) is 6.07 Å². The van der Waals surface area contributed by atoms with Crippen molar-refractivity contribution < 1.29 is 28.7 Å². The van der Waals surface area contributed by atoms with E-state index in [2.05, 4.69) is 25.4 Å². The number of aliphatic hydroxyl groups excluding tert-OH is 2. The van der Waals surface area contributed by atoms with Gasteiger partial charge in [0.2, 0.25) is 0 Å². The van der Waals surface area contributed by atoms with Crippen LogP contribution in [0.3, 0.4) is 0 Å². The molecule has 1 aliphatic rings. The minimum absolute atomic E-state index is 0.160. The van der Waals surface area contributed by atoms with Crippen LogP contribution in [0.25, 0.3) is 22.6 Å². The molecule has 1 fully saturated rings. The lowest BCUT2D eigenvalue weighted by Gasteiger charge is -2.17. The summed E-state index contributed by atoms with van der Waals surface area (Å²) in [6.45, 7) is -2.79. The van der Waals surface area contributed by atoms with E-state index in [1.165, 1.54) is 30.4 Å². The van der Waals surface area contributed by atoms with Crippen molar-refractivity contribution >= 4 is 34.5 Å². The van der Waals surface area contributed by atoms with Crippen molar-refractivity contribution in [2.45, 2.75) is 24.5 Å². The van der Waals surface area contributed by atoms with Gasteiger partial charge >= 0.3 is 0 Å². The highest BCUT2D eigenvalue weighted by atomic mass is 35.5. The van der Waals surface area contributed by atoms with Crippen molar-refractivity contribution in [1.29, 1.82) is 0 Å². The summed E-state index contributed by atoms with van der Waals surface area (Å²) in [5.41, 5.74) is 3.46. The van der Waals surface area contributed by atoms with Gasteiger partial charge in [-0.25, -0.2) is 20.4 Å². The van der Waals surface area contributed by atoms with Crippen LogP contribution in [-0.4, -0.2) is 73.0 Å². The highest BCUT2D eigenvalue weighted by molar-refractivity contribution is 6.30. The summed E-state index contributed by atoms with van der Waals surface area (Å²) in [5, 5.41) is 23.0. The van der Waals surface area contributed by atoms with E-state index in [1.807, 2.05) is 0 Å². The number of carbonyl (C=O) groups is 1. The van der Waals surface area contributed by atoms with Crippen LogP contribution >= 0.6 is 11.6 Å². The molecule has 0 radical (unpaired) electrons. The molecule has 1 saturated heterocycles. The van der Waals surface area contributed by atoms with Gasteiger partial charge in [-0.1, -0.05) is 11.6 Å². The monoisotopic (exact) mass is 438 g/mol. The van der Waals surface area contributed by atoms with Crippen LogP contribution in [0.15, 0.2) is 24.8 Å². The average Bonchev–Trinajstić information content (AvgIpc) is 3.28. The molecule has 4 N–H and O–H groups in total. The Morgan fingerprint density at radius 3 is 2.93 bits per heavy atom. The number of nitrogens with one attached hydrogen (secondary N) is 2. The number of amides is 1. The molecule has 158 valence electrons. The molecule has 13 heteroatoms. The molecule has 0 saturated carbocycles. The zero-order valence-electron chi connectivity index (χ0n) is 18.4. The number of aromatic nitrogens is 5. The number of carbonyl (C=O) groups excluding carboxylic acids is 1. The molecule has 4 heterocycles. The second-order valence-corrected chi connectivity index (χ2v) is 6.77. The standard InChI is InChI=1S/C17H18ClN7O5/c1-19-16(28)12-10(26)11(27)17(30-12)25-6-21-9-14(24-29-2)22-13(23-15(9)25)7-3-8(18)5-20-4-7/h3-6,10-12,17,26-27H,1-2H3,(H,19,28)(H,22,23,24)/t10-,11+,12-,17+/m0/s1/i1D3. The lowest BCUT2D eigenvalue weighted by Crippen LogP contribution is -2.41. The predicted molar refractivity (Wildman–Crippen MR) is 104 cm³/mol. The Bertz CT molecular complexity index is 1190. The van der Waals surface area contributed by atoms with Crippen LogP contribution in [0.5, 0.6) is 0 Å². The molecule has 4 atom stereocenters. The molecule has 0 unspecified atom stereocenters. The highest BCUT2D eigenvalue weighted by Gasteiger charge is 2.47. The number of rotatable bonds is 5. The molecule has 0 aliphatic carbocycles. The quantitative estimate of drug-likeness (QED) is 0.396. The van der Waals surface area contributed by atoms with E-state index < -0.39 is 37.4 Å². The van der Waals surface area contributed by atoms with Crippen LogP contribution < -0.4 is 10.8 Å². The number of ether oxygens (including phenoxy) is 1. The van der Waals surface area contributed by atoms with Crippen molar-refractivity contribution in [3.8, 4) is 11.4 Å². The van der Waals surface area contributed by atoms with Crippen molar-refractivity contribution in [2.24, 2.45) is 0 Å². The number of imidazole rings is 1. The van der Waals surface area contributed by atoms with Crippen LogP contribution in [0.2, 0.25) is 5.02 Å². The molecular formula is C17H18ClN7O5. The van der Waals surface area contributed by atoms with Gasteiger partial charge in [-0.3, -0.25) is 19.2 Å². The van der Waals surface area contributed by atoms with Crippen LogP contribution in [0.1, 0.15) is 10.3 Å². The number of hydrogen-bond donors (Lipinski definition) is 4. The van der Waals surface area contributed by atoms with Gasteiger partial charge in [0.05, 0.1) is 18.5 Å². The molecule has 3 aromatic heterocycles. The minimum Gasteiger partial charge on any atom is -0.387 e. The summed E-state index contributed by atoms with van der Waals surface area (Å²) in [6, 6.07) is 1.59. The first-order chi connectivity index (χ1) is 15.6. The number of nitrogens with zero attached hydrogens (tertiary/aromatic N) is 5. The molecule has 30 heavy (non-hydrogen) atoms. The SMILES string of the molecule is [2H]C([2H])([2H])NC(=O)[C@H]1O[C@@H](n2cnc3c(NOC)nc(-c4cncc(Cl)c4)nc32)[C@H](O)[C@@H]1O. The average molecular weight is 439 g/mol. The zero-order valence-corrected chi connectivity index (χ0v) is 16.1. The molecule has 1 amide bonds. The molecule has 0 aromatic carbocycles. The minimum atomic E-state index is -2.79. The fraction of sp³-hybridized carbons (Fsp3) is 0.353. The van der Waals surface area contributed by atoms with Crippen LogP contribution in [-0.2, 0) is 14.4 Å². The zero-order chi connectivity index (χ0) is 23.9. The normalized spacial score (nSPS) is 25.5. The molecule has 0 bridgehead atoms. The third-order valence-corrected chi connectivity index (χ3v) is 4.68. The molecule has 0 spiro atoms. The van der Waals surface area contributed by atoms with E-state index in [0.717, 1.165) is 0 Å². The Labute approximate surface area is 179 Å². The first-order valence-electron chi connectivity index (χ1n) is 10.1. The lowest BCUT2D eigenvalue weighted by atomic mass is 10.1. The van der Waals surface area contributed by atoms with Crippen LogP contribution in [0.4, 0.5) is 5.82 Å². The van der Waals surface area contributed by atoms with E-state index >= 15 is 0 Å². The fourth-order valence-corrected chi connectivity index (χ4v) is 3.28. The van der Waals surface area contributed by atoms with E-state index in [0.29, 0.717) is 10.6 Å².